The molecule has 19 heavy (non-hydrogen) atoms. The van der Waals surface area contributed by atoms with Gasteiger partial charge in [0.05, 0.1) is 6.10 Å². The Hall–Kier alpha value is -0.830. The molecule has 1 saturated carbocycles. The van der Waals surface area contributed by atoms with E-state index < -0.39 is 0 Å². The van der Waals surface area contributed by atoms with E-state index in [1.807, 2.05) is 24.3 Å². The highest BCUT2D eigenvalue weighted by Crippen LogP contribution is 2.31. The van der Waals surface area contributed by atoms with Crippen molar-refractivity contribution in [2.75, 3.05) is 0 Å². The van der Waals surface area contributed by atoms with E-state index in [1.54, 1.807) is 0 Å². The van der Waals surface area contributed by atoms with E-state index in [2.05, 4.69) is 15.9 Å². The van der Waals surface area contributed by atoms with Crippen LogP contribution in [0.25, 0.3) is 0 Å². The van der Waals surface area contributed by atoms with Gasteiger partial charge in [0.25, 0.3) is 0 Å². The van der Waals surface area contributed by atoms with Crippen LogP contribution in [0.2, 0.25) is 0 Å². The zero-order valence-corrected chi connectivity index (χ0v) is 12.8. The summed E-state index contributed by atoms with van der Waals surface area (Å²) in [6.07, 6.45) is 9.09. The number of benzene rings is 1. The van der Waals surface area contributed by atoms with Crippen molar-refractivity contribution in [1.29, 1.82) is 0 Å². The molecule has 3 heteroatoms. The maximum Gasteiger partial charge on any atom is 0.120 e. The summed E-state index contributed by atoms with van der Waals surface area (Å²) in [6, 6.07) is 8.05. The van der Waals surface area contributed by atoms with Crippen LogP contribution in [0.1, 0.15) is 44.9 Å². The fourth-order valence-electron chi connectivity index (χ4n) is 2.76. The van der Waals surface area contributed by atoms with Gasteiger partial charge in [-0.1, -0.05) is 28.4 Å². The fourth-order valence-corrected chi connectivity index (χ4v) is 3.14. The normalized spacial score (nSPS) is 23.0. The summed E-state index contributed by atoms with van der Waals surface area (Å²) in [7, 11) is 0. The molecule has 0 aliphatic heterocycles. The number of hydrogen-bond acceptors (Lipinski definition) is 2. The van der Waals surface area contributed by atoms with E-state index in [0.717, 1.165) is 41.7 Å². The Labute approximate surface area is 123 Å². The van der Waals surface area contributed by atoms with Crippen LogP contribution in [0.3, 0.4) is 0 Å². The molecule has 0 heterocycles. The summed E-state index contributed by atoms with van der Waals surface area (Å²) in [6.45, 7) is 0. The van der Waals surface area contributed by atoms with Crippen LogP contribution < -0.4 is 4.74 Å². The lowest BCUT2D eigenvalue weighted by Gasteiger charge is -2.29. The quantitative estimate of drug-likeness (QED) is 0.557. The third-order valence-corrected chi connectivity index (χ3v) is 4.32. The van der Waals surface area contributed by atoms with Crippen molar-refractivity contribution in [2.45, 2.75) is 51.0 Å². The maximum absolute atomic E-state index is 10.3. The maximum atomic E-state index is 10.3. The molecule has 1 aromatic carbocycles. The first kappa shape index (κ1) is 14.6. The Balaban J connectivity index is 1.72. The minimum atomic E-state index is 0.358. The van der Waals surface area contributed by atoms with Gasteiger partial charge >= 0.3 is 0 Å². The van der Waals surface area contributed by atoms with Gasteiger partial charge in [-0.2, -0.15) is 0 Å². The van der Waals surface area contributed by atoms with E-state index in [9.17, 15) is 4.79 Å². The molecule has 0 spiro atoms. The van der Waals surface area contributed by atoms with Gasteiger partial charge in [0.1, 0.15) is 12.0 Å². The molecule has 0 aromatic heterocycles. The smallest absolute Gasteiger partial charge is 0.120 e. The highest BCUT2D eigenvalue weighted by atomic mass is 79.9. The van der Waals surface area contributed by atoms with Crippen LogP contribution in [0.4, 0.5) is 0 Å². The van der Waals surface area contributed by atoms with Crippen molar-refractivity contribution >= 4 is 22.2 Å². The molecule has 0 N–H and O–H groups in total. The van der Waals surface area contributed by atoms with Crippen molar-refractivity contribution in [1.82, 2.24) is 0 Å². The lowest BCUT2D eigenvalue weighted by atomic mass is 9.84. The number of halogens is 1. The van der Waals surface area contributed by atoms with Crippen molar-refractivity contribution < 1.29 is 9.53 Å². The number of ether oxygens (including phenoxy) is 1. The second-order valence-corrected chi connectivity index (χ2v) is 6.23. The van der Waals surface area contributed by atoms with Crippen molar-refractivity contribution in [3.05, 3.63) is 28.7 Å². The highest BCUT2D eigenvalue weighted by molar-refractivity contribution is 9.10. The predicted octanol–water partition coefficient (Wildman–Crippen LogP) is 4.76. The molecule has 1 aliphatic carbocycles. The van der Waals surface area contributed by atoms with Gasteiger partial charge in [0.2, 0.25) is 0 Å². The molecule has 1 aliphatic rings. The van der Waals surface area contributed by atoms with E-state index in [1.165, 1.54) is 19.3 Å². The third kappa shape index (κ3) is 4.98. The second kappa shape index (κ2) is 7.68. The molecule has 0 radical (unpaired) electrons. The standard InChI is InChI=1S/C16H21BrO2/c17-14-5-3-6-16(12-14)19-15-9-7-13(8-10-15)4-1-2-11-18/h3,5-6,11-13,15H,1-2,4,7-10H2/t13-,15-. The zero-order valence-electron chi connectivity index (χ0n) is 11.2. The minimum absolute atomic E-state index is 0.358. The average molecular weight is 325 g/mol. The van der Waals surface area contributed by atoms with Crippen molar-refractivity contribution in [3.8, 4) is 5.75 Å². The van der Waals surface area contributed by atoms with Crippen molar-refractivity contribution in [3.63, 3.8) is 0 Å². The summed E-state index contributed by atoms with van der Waals surface area (Å²) >= 11 is 3.46. The van der Waals surface area contributed by atoms with Gasteiger partial charge in [0.15, 0.2) is 0 Å². The molecule has 1 aromatic rings. The second-order valence-electron chi connectivity index (χ2n) is 5.32. The van der Waals surface area contributed by atoms with E-state index in [0.29, 0.717) is 12.5 Å². The van der Waals surface area contributed by atoms with Gasteiger partial charge < -0.3 is 9.53 Å². The molecule has 0 atom stereocenters. The lowest BCUT2D eigenvalue weighted by Crippen LogP contribution is -2.24. The Morgan fingerprint density at radius 1 is 1.26 bits per heavy atom. The number of unbranched alkanes of at least 4 members (excludes halogenated alkanes) is 1. The van der Waals surface area contributed by atoms with Crippen LogP contribution in [0, 0.1) is 5.92 Å². The zero-order chi connectivity index (χ0) is 13.5. The van der Waals surface area contributed by atoms with Gasteiger partial charge in [0, 0.05) is 10.9 Å². The molecule has 1 fully saturated rings. The Bertz CT molecular complexity index is 397. The molecule has 0 bridgehead atoms. The summed E-state index contributed by atoms with van der Waals surface area (Å²) in [5, 5.41) is 0. The fraction of sp³-hybridized carbons (Fsp3) is 0.562. The van der Waals surface area contributed by atoms with Crippen LogP contribution >= 0.6 is 15.9 Å². The molecular formula is C16H21BrO2. The first-order chi connectivity index (χ1) is 9.28. The topological polar surface area (TPSA) is 26.3 Å². The molecule has 2 nitrogen and oxygen atoms in total. The number of carbonyl (C=O) groups excluding carboxylic acids is 1. The number of rotatable bonds is 6. The monoisotopic (exact) mass is 324 g/mol. The molecular weight excluding hydrogens is 304 g/mol. The van der Waals surface area contributed by atoms with Gasteiger partial charge in [-0.05, 0) is 56.2 Å². The van der Waals surface area contributed by atoms with Crippen LogP contribution in [0.5, 0.6) is 5.75 Å². The Morgan fingerprint density at radius 3 is 2.74 bits per heavy atom. The van der Waals surface area contributed by atoms with Crippen molar-refractivity contribution in [2.24, 2.45) is 5.92 Å². The minimum Gasteiger partial charge on any atom is -0.490 e. The SMILES string of the molecule is O=CCCC[C@H]1CC[C@H](Oc2cccc(Br)c2)CC1. The van der Waals surface area contributed by atoms with E-state index in [4.69, 9.17) is 4.74 Å². The largest absolute Gasteiger partial charge is 0.490 e. The summed E-state index contributed by atoms with van der Waals surface area (Å²) in [4.78, 5) is 10.3. The number of aldehydes is 1. The first-order valence-electron chi connectivity index (χ1n) is 7.14. The lowest BCUT2D eigenvalue weighted by molar-refractivity contribution is -0.108. The van der Waals surface area contributed by atoms with E-state index in [-0.39, 0.29) is 0 Å². The van der Waals surface area contributed by atoms with Gasteiger partial charge in [-0.25, -0.2) is 0 Å². The summed E-state index contributed by atoms with van der Waals surface area (Å²) in [5.41, 5.74) is 0. The molecule has 0 unspecified atom stereocenters. The molecule has 2 rings (SSSR count). The van der Waals surface area contributed by atoms with E-state index >= 15 is 0 Å². The average Bonchev–Trinajstić information content (AvgIpc) is 2.41. The predicted molar refractivity (Wildman–Crippen MR) is 80.4 cm³/mol. The van der Waals surface area contributed by atoms with Crippen LogP contribution in [-0.2, 0) is 4.79 Å². The molecule has 104 valence electrons. The first-order valence-corrected chi connectivity index (χ1v) is 7.93. The Morgan fingerprint density at radius 2 is 2.05 bits per heavy atom. The summed E-state index contributed by atoms with van der Waals surface area (Å²) in [5.74, 6) is 1.75. The summed E-state index contributed by atoms with van der Waals surface area (Å²) < 4.78 is 7.09. The number of carbonyl (C=O) groups is 1. The number of hydrogen-bond donors (Lipinski definition) is 0. The molecule has 0 saturated heterocycles. The third-order valence-electron chi connectivity index (χ3n) is 3.83. The highest BCUT2D eigenvalue weighted by Gasteiger charge is 2.22. The van der Waals surface area contributed by atoms with Crippen LogP contribution in [0.15, 0.2) is 28.7 Å². The molecule has 0 amide bonds. The van der Waals surface area contributed by atoms with Gasteiger partial charge in [-0.3, -0.25) is 0 Å². The van der Waals surface area contributed by atoms with Gasteiger partial charge in [-0.15, -0.1) is 0 Å². The Kier molecular flexibility index (Phi) is 5.90. The van der Waals surface area contributed by atoms with Crippen LogP contribution in [-0.4, -0.2) is 12.4 Å².